The molecule has 2 aromatic carbocycles. The van der Waals surface area contributed by atoms with Crippen molar-refractivity contribution in [3.8, 4) is 5.75 Å². The maximum absolute atomic E-state index is 12.4. The van der Waals surface area contributed by atoms with Gasteiger partial charge in [-0.1, -0.05) is 15.9 Å². The van der Waals surface area contributed by atoms with Crippen LogP contribution in [0, 0.1) is 0 Å². The Morgan fingerprint density at radius 3 is 2.41 bits per heavy atom. The molecule has 1 amide bonds. The number of hydrogen-bond donors (Lipinski definition) is 2. The van der Waals surface area contributed by atoms with E-state index in [1.165, 1.54) is 12.1 Å². The quantitative estimate of drug-likeness (QED) is 0.610. The Labute approximate surface area is 164 Å². The van der Waals surface area contributed by atoms with Crippen molar-refractivity contribution in [1.29, 1.82) is 0 Å². The van der Waals surface area contributed by atoms with Gasteiger partial charge >= 0.3 is 5.97 Å². The van der Waals surface area contributed by atoms with Crippen molar-refractivity contribution in [3.63, 3.8) is 0 Å². The first-order chi connectivity index (χ1) is 13.0. The van der Waals surface area contributed by atoms with E-state index in [0.29, 0.717) is 22.4 Å². The third-order valence-corrected chi connectivity index (χ3v) is 4.22. The molecule has 0 saturated carbocycles. The summed E-state index contributed by atoms with van der Waals surface area (Å²) >= 11 is 3.22. The molecule has 0 aliphatic carbocycles. The Morgan fingerprint density at radius 1 is 1.04 bits per heavy atom. The Morgan fingerprint density at radius 2 is 1.74 bits per heavy atom. The number of pyridine rings is 1. The predicted octanol–water partition coefficient (Wildman–Crippen LogP) is 4.37. The first-order valence-electron chi connectivity index (χ1n) is 7.99. The minimum Gasteiger partial charge on any atom is -0.489 e. The summed E-state index contributed by atoms with van der Waals surface area (Å²) in [6.45, 7) is 0.398. The highest BCUT2D eigenvalue weighted by atomic mass is 79.9. The van der Waals surface area contributed by atoms with E-state index >= 15 is 0 Å². The van der Waals surface area contributed by atoms with Crippen molar-refractivity contribution in [3.05, 3.63) is 88.2 Å². The first kappa shape index (κ1) is 18.6. The van der Waals surface area contributed by atoms with Crippen LogP contribution < -0.4 is 10.1 Å². The van der Waals surface area contributed by atoms with Crippen LogP contribution in [0.4, 0.5) is 5.69 Å². The van der Waals surface area contributed by atoms with E-state index in [1.807, 2.05) is 12.1 Å². The molecular formula is C20H15BrN2O4. The van der Waals surface area contributed by atoms with E-state index in [4.69, 9.17) is 4.74 Å². The van der Waals surface area contributed by atoms with E-state index in [9.17, 15) is 14.7 Å². The molecule has 6 nitrogen and oxygen atoms in total. The SMILES string of the molecule is O=C(Nc1ccc(Br)cc1C(=O)O)c1ccc(OCc2ccncc2)cc1. The van der Waals surface area contributed by atoms with Crippen LogP contribution in [0.1, 0.15) is 26.3 Å². The average molecular weight is 427 g/mol. The fraction of sp³-hybridized carbons (Fsp3) is 0.0500. The molecule has 3 rings (SSSR count). The van der Waals surface area contributed by atoms with Gasteiger partial charge in [-0.05, 0) is 60.2 Å². The van der Waals surface area contributed by atoms with Gasteiger partial charge < -0.3 is 15.2 Å². The fourth-order valence-corrected chi connectivity index (χ4v) is 2.71. The standard InChI is InChI=1S/C20H15BrN2O4/c21-15-3-6-18(17(11-15)20(25)26)23-19(24)14-1-4-16(5-2-14)27-12-13-7-9-22-10-8-13/h1-11H,12H2,(H,23,24)(H,25,26). The van der Waals surface area contributed by atoms with E-state index in [2.05, 4.69) is 26.2 Å². The molecule has 0 aliphatic rings. The summed E-state index contributed by atoms with van der Waals surface area (Å²) in [4.78, 5) is 27.7. The van der Waals surface area contributed by atoms with Gasteiger partial charge in [0.05, 0.1) is 11.3 Å². The molecule has 0 bridgehead atoms. The zero-order chi connectivity index (χ0) is 19.2. The van der Waals surface area contributed by atoms with Crippen LogP contribution >= 0.6 is 15.9 Å². The number of carboxylic acids is 1. The Hall–Kier alpha value is -3.19. The van der Waals surface area contributed by atoms with Crippen molar-refractivity contribution < 1.29 is 19.4 Å². The van der Waals surface area contributed by atoms with Crippen molar-refractivity contribution in [2.24, 2.45) is 0 Å². The molecule has 27 heavy (non-hydrogen) atoms. The minimum absolute atomic E-state index is 0.00929. The Balaban J connectivity index is 1.67. The van der Waals surface area contributed by atoms with Gasteiger partial charge in [-0.2, -0.15) is 0 Å². The number of aromatic carboxylic acids is 1. The number of carbonyl (C=O) groups excluding carboxylic acids is 1. The smallest absolute Gasteiger partial charge is 0.337 e. The molecule has 3 aromatic rings. The maximum Gasteiger partial charge on any atom is 0.337 e. The summed E-state index contributed by atoms with van der Waals surface area (Å²) in [6, 6.07) is 15.0. The van der Waals surface area contributed by atoms with Gasteiger partial charge in [0, 0.05) is 22.4 Å². The molecule has 136 valence electrons. The summed E-state index contributed by atoms with van der Waals surface area (Å²) in [6.07, 6.45) is 3.39. The lowest BCUT2D eigenvalue weighted by Gasteiger charge is -2.10. The van der Waals surface area contributed by atoms with Crippen molar-refractivity contribution >= 4 is 33.5 Å². The lowest BCUT2D eigenvalue weighted by Crippen LogP contribution is -2.14. The van der Waals surface area contributed by atoms with Crippen LogP contribution in [-0.2, 0) is 6.61 Å². The van der Waals surface area contributed by atoms with Crippen LogP contribution in [0.2, 0.25) is 0 Å². The van der Waals surface area contributed by atoms with Gasteiger partial charge in [0.25, 0.3) is 5.91 Å². The molecule has 0 aliphatic heterocycles. The lowest BCUT2D eigenvalue weighted by atomic mass is 10.1. The van der Waals surface area contributed by atoms with Gasteiger partial charge in [0.2, 0.25) is 0 Å². The number of rotatable bonds is 6. The van der Waals surface area contributed by atoms with Crippen molar-refractivity contribution in [2.45, 2.75) is 6.61 Å². The summed E-state index contributed by atoms with van der Waals surface area (Å²) in [5, 5.41) is 11.9. The third kappa shape index (κ3) is 4.92. The lowest BCUT2D eigenvalue weighted by molar-refractivity contribution is 0.0698. The monoisotopic (exact) mass is 426 g/mol. The highest BCUT2D eigenvalue weighted by Crippen LogP contribution is 2.22. The summed E-state index contributed by atoms with van der Waals surface area (Å²) in [5.41, 5.74) is 1.62. The van der Waals surface area contributed by atoms with Crippen LogP contribution in [-0.4, -0.2) is 22.0 Å². The normalized spacial score (nSPS) is 10.3. The molecule has 0 unspecified atom stereocenters. The van der Waals surface area contributed by atoms with E-state index in [0.717, 1.165) is 5.56 Å². The summed E-state index contributed by atoms with van der Waals surface area (Å²) in [5.74, 6) is -0.898. The second-order valence-corrected chi connectivity index (χ2v) is 6.53. The molecule has 7 heteroatoms. The molecule has 0 fully saturated rings. The first-order valence-corrected chi connectivity index (χ1v) is 8.78. The predicted molar refractivity (Wildman–Crippen MR) is 104 cm³/mol. The molecule has 2 N–H and O–H groups in total. The van der Waals surface area contributed by atoms with Gasteiger partial charge in [-0.3, -0.25) is 9.78 Å². The molecule has 0 radical (unpaired) electrons. The number of benzene rings is 2. The number of nitrogens with zero attached hydrogens (tertiary/aromatic N) is 1. The second-order valence-electron chi connectivity index (χ2n) is 5.62. The number of ether oxygens (including phenoxy) is 1. The number of carbonyl (C=O) groups is 2. The largest absolute Gasteiger partial charge is 0.489 e. The van der Waals surface area contributed by atoms with E-state index < -0.39 is 11.9 Å². The minimum atomic E-state index is -1.12. The van der Waals surface area contributed by atoms with Gasteiger partial charge in [-0.15, -0.1) is 0 Å². The van der Waals surface area contributed by atoms with Crippen LogP contribution in [0.5, 0.6) is 5.75 Å². The zero-order valence-corrected chi connectivity index (χ0v) is 15.6. The van der Waals surface area contributed by atoms with E-state index in [-0.39, 0.29) is 11.3 Å². The van der Waals surface area contributed by atoms with Crippen molar-refractivity contribution in [1.82, 2.24) is 4.98 Å². The maximum atomic E-state index is 12.4. The van der Waals surface area contributed by atoms with E-state index in [1.54, 1.807) is 42.7 Å². The molecule has 0 atom stereocenters. The fourth-order valence-electron chi connectivity index (χ4n) is 2.35. The molecule has 0 saturated heterocycles. The number of hydrogen-bond acceptors (Lipinski definition) is 4. The summed E-state index contributed by atoms with van der Waals surface area (Å²) in [7, 11) is 0. The number of amides is 1. The molecule has 0 spiro atoms. The Bertz CT molecular complexity index is 959. The molecule has 1 aromatic heterocycles. The average Bonchev–Trinajstić information content (AvgIpc) is 2.68. The number of anilines is 1. The number of nitrogens with one attached hydrogen (secondary N) is 1. The van der Waals surface area contributed by atoms with Gasteiger partial charge in [-0.25, -0.2) is 4.79 Å². The Kier molecular flexibility index (Phi) is 5.83. The number of aromatic nitrogens is 1. The summed E-state index contributed by atoms with van der Waals surface area (Å²) < 4.78 is 6.29. The highest BCUT2D eigenvalue weighted by Gasteiger charge is 2.14. The van der Waals surface area contributed by atoms with Gasteiger partial charge in [0.15, 0.2) is 0 Å². The zero-order valence-electron chi connectivity index (χ0n) is 14.1. The van der Waals surface area contributed by atoms with Crippen molar-refractivity contribution in [2.75, 3.05) is 5.32 Å². The number of carboxylic acid groups (broad SMARTS) is 1. The topological polar surface area (TPSA) is 88.5 Å². The number of halogens is 1. The van der Waals surface area contributed by atoms with Crippen LogP contribution in [0.25, 0.3) is 0 Å². The van der Waals surface area contributed by atoms with Gasteiger partial charge in [0.1, 0.15) is 12.4 Å². The highest BCUT2D eigenvalue weighted by molar-refractivity contribution is 9.10. The molecular weight excluding hydrogens is 412 g/mol. The van der Waals surface area contributed by atoms with Crippen LogP contribution in [0.15, 0.2) is 71.5 Å². The second kappa shape index (κ2) is 8.46. The van der Waals surface area contributed by atoms with Crippen LogP contribution in [0.3, 0.4) is 0 Å². The third-order valence-electron chi connectivity index (χ3n) is 3.73. The molecule has 1 heterocycles.